The minimum absolute atomic E-state index is 0. The summed E-state index contributed by atoms with van der Waals surface area (Å²) in [6.45, 7) is 12.9. The SMILES string of the molecule is CCC(C)(C)OC(C)(C)CC.[BiH3]. The van der Waals surface area contributed by atoms with Crippen LogP contribution in [0, 0.1) is 0 Å². The van der Waals surface area contributed by atoms with E-state index in [9.17, 15) is 0 Å². The summed E-state index contributed by atoms with van der Waals surface area (Å²) < 4.78 is 5.92. The molecule has 0 atom stereocenters. The Morgan fingerprint density at radius 2 is 1.08 bits per heavy atom. The first kappa shape index (κ1) is 15.3. The Hall–Kier alpha value is 0.843. The van der Waals surface area contributed by atoms with E-state index in [4.69, 9.17) is 4.74 Å². The maximum absolute atomic E-state index is 5.92. The van der Waals surface area contributed by atoms with E-state index in [0.717, 1.165) is 12.8 Å². The summed E-state index contributed by atoms with van der Waals surface area (Å²) in [6, 6.07) is 0. The molecule has 0 unspecified atom stereocenters. The topological polar surface area (TPSA) is 9.23 Å². The van der Waals surface area contributed by atoms with E-state index >= 15 is 0 Å². The number of hydrogen-bond donors (Lipinski definition) is 0. The molecule has 0 rings (SSSR count). The number of rotatable bonds is 4. The third-order valence-electron chi connectivity index (χ3n) is 2.26. The van der Waals surface area contributed by atoms with Crippen molar-refractivity contribution in [3.63, 3.8) is 0 Å². The zero-order valence-corrected chi connectivity index (χ0v) is 15.0. The van der Waals surface area contributed by atoms with E-state index < -0.39 is 0 Å². The van der Waals surface area contributed by atoms with Crippen molar-refractivity contribution >= 4 is 26.2 Å². The molecule has 0 aromatic heterocycles. The molecule has 0 saturated heterocycles. The summed E-state index contributed by atoms with van der Waals surface area (Å²) in [6.07, 6.45) is 2.13. The third-order valence-corrected chi connectivity index (χ3v) is 2.26. The van der Waals surface area contributed by atoms with E-state index in [1.807, 2.05) is 0 Å². The van der Waals surface area contributed by atoms with Crippen LogP contribution in [0.25, 0.3) is 0 Å². The van der Waals surface area contributed by atoms with Gasteiger partial charge >= 0.3 is 26.2 Å². The Labute approximate surface area is 96.4 Å². The van der Waals surface area contributed by atoms with Gasteiger partial charge in [-0.1, -0.05) is 13.8 Å². The standard InChI is InChI=1S/C10H22O.Bi.3H/c1-7-9(3,4)11-10(5,6)8-2;;;;/h7-8H2,1-6H3;;;;. The molecule has 0 aliphatic rings. The quantitative estimate of drug-likeness (QED) is 0.690. The molecule has 0 aromatic rings. The predicted octanol–water partition coefficient (Wildman–Crippen LogP) is 2.20. The molecule has 0 saturated carbocycles. The second-order valence-corrected chi connectivity index (χ2v) is 4.33. The molecule has 0 aromatic carbocycles. The van der Waals surface area contributed by atoms with Crippen LogP contribution in [0.2, 0.25) is 0 Å². The van der Waals surface area contributed by atoms with Crippen molar-refractivity contribution in [3.8, 4) is 0 Å². The number of hydrogen-bond acceptors (Lipinski definition) is 1. The monoisotopic (exact) mass is 370 g/mol. The summed E-state index contributed by atoms with van der Waals surface area (Å²) in [5.41, 5.74) is 0.0546. The molecule has 0 N–H and O–H groups in total. The molecule has 0 fully saturated rings. The number of ether oxygens (including phenoxy) is 1. The van der Waals surface area contributed by atoms with Gasteiger partial charge in [-0.2, -0.15) is 0 Å². The second-order valence-electron chi connectivity index (χ2n) is 4.33. The zero-order chi connectivity index (χ0) is 9.12. The normalized spacial score (nSPS) is 12.5. The minimum atomic E-state index is 0. The van der Waals surface area contributed by atoms with Gasteiger partial charge in [-0.3, -0.25) is 0 Å². The van der Waals surface area contributed by atoms with Crippen molar-refractivity contribution in [2.45, 2.75) is 65.6 Å². The van der Waals surface area contributed by atoms with E-state index in [1.165, 1.54) is 0 Å². The van der Waals surface area contributed by atoms with Crippen molar-refractivity contribution in [1.82, 2.24) is 0 Å². The van der Waals surface area contributed by atoms with Crippen molar-refractivity contribution in [1.29, 1.82) is 0 Å². The molecule has 76 valence electrons. The zero-order valence-electron chi connectivity index (χ0n) is 9.53. The molecule has 12 heavy (non-hydrogen) atoms. The van der Waals surface area contributed by atoms with Crippen molar-refractivity contribution < 1.29 is 4.74 Å². The molecule has 0 bridgehead atoms. The summed E-state index contributed by atoms with van der Waals surface area (Å²) >= 11 is 0. The summed E-state index contributed by atoms with van der Waals surface area (Å²) in [4.78, 5) is 0. The molecule has 0 aliphatic carbocycles. The second kappa shape index (κ2) is 5.55. The van der Waals surface area contributed by atoms with Crippen LogP contribution in [0.5, 0.6) is 0 Å². The van der Waals surface area contributed by atoms with Crippen LogP contribution in [0.3, 0.4) is 0 Å². The summed E-state index contributed by atoms with van der Waals surface area (Å²) in [7, 11) is 0. The van der Waals surface area contributed by atoms with Gasteiger partial charge in [0, 0.05) is 0 Å². The van der Waals surface area contributed by atoms with Gasteiger partial charge in [0.05, 0.1) is 11.2 Å². The maximum atomic E-state index is 5.92. The van der Waals surface area contributed by atoms with Crippen LogP contribution < -0.4 is 0 Å². The van der Waals surface area contributed by atoms with Gasteiger partial charge in [0.25, 0.3) is 0 Å². The van der Waals surface area contributed by atoms with Crippen LogP contribution in [-0.2, 0) is 4.74 Å². The first-order valence-corrected chi connectivity index (χ1v) is 4.53. The van der Waals surface area contributed by atoms with Gasteiger partial charge in [-0.05, 0) is 40.5 Å². The Morgan fingerprint density at radius 3 is 1.25 bits per heavy atom. The Balaban J connectivity index is 0. The van der Waals surface area contributed by atoms with Gasteiger partial charge < -0.3 is 4.74 Å². The van der Waals surface area contributed by atoms with Crippen LogP contribution >= 0.6 is 0 Å². The Morgan fingerprint density at radius 1 is 0.833 bits per heavy atom. The van der Waals surface area contributed by atoms with Crippen molar-refractivity contribution in [2.75, 3.05) is 0 Å². The first-order chi connectivity index (χ1) is 4.83. The van der Waals surface area contributed by atoms with Gasteiger partial charge in [-0.15, -0.1) is 0 Å². The van der Waals surface area contributed by atoms with Gasteiger partial charge in [-0.25, -0.2) is 0 Å². The first-order valence-electron chi connectivity index (χ1n) is 4.53. The molecule has 1 nitrogen and oxygen atoms in total. The third kappa shape index (κ3) is 6.37. The average molecular weight is 370 g/mol. The molecule has 0 aliphatic heterocycles. The fourth-order valence-electron chi connectivity index (χ4n) is 0.892. The summed E-state index contributed by atoms with van der Waals surface area (Å²) in [5, 5.41) is 0. The van der Waals surface area contributed by atoms with Gasteiger partial charge in [0.15, 0.2) is 0 Å². The summed E-state index contributed by atoms with van der Waals surface area (Å²) in [5.74, 6) is 0. The van der Waals surface area contributed by atoms with Crippen LogP contribution in [0.4, 0.5) is 0 Å². The fraction of sp³-hybridized carbons (Fsp3) is 1.00. The van der Waals surface area contributed by atoms with Crippen molar-refractivity contribution in [2.24, 2.45) is 0 Å². The molecule has 2 heteroatoms. The molecule has 0 radical (unpaired) electrons. The Kier molecular flexibility index (Phi) is 7.08. The van der Waals surface area contributed by atoms with Crippen molar-refractivity contribution in [3.05, 3.63) is 0 Å². The molecule has 0 spiro atoms. The van der Waals surface area contributed by atoms with E-state index in [-0.39, 0.29) is 37.4 Å². The van der Waals surface area contributed by atoms with Gasteiger partial charge in [0.1, 0.15) is 0 Å². The van der Waals surface area contributed by atoms with Crippen LogP contribution in [0.1, 0.15) is 54.4 Å². The average Bonchev–Trinajstić information content (AvgIpc) is 1.86. The molecule has 0 heterocycles. The molecular formula is C10H25BiO. The Bertz CT molecular complexity index is 105. The van der Waals surface area contributed by atoms with Crippen LogP contribution in [-0.4, -0.2) is 37.4 Å². The van der Waals surface area contributed by atoms with Crippen LogP contribution in [0.15, 0.2) is 0 Å². The molecule has 0 amide bonds. The fourth-order valence-corrected chi connectivity index (χ4v) is 0.892. The van der Waals surface area contributed by atoms with E-state index in [0.29, 0.717) is 0 Å². The van der Waals surface area contributed by atoms with E-state index in [1.54, 1.807) is 0 Å². The van der Waals surface area contributed by atoms with E-state index in [2.05, 4.69) is 41.5 Å². The van der Waals surface area contributed by atoms with Gasteiger partial charge in [0.2, 0.25) is 0 Å². The molecular weight excluding hydrogens is 345 g/mol. The predicted molar refractivity (Wildman–Crippen MR) is 59.8 cm³/mol.